The number of Topliss-reactive ketones (excluding diaryl/α,β-unsaturated/α-hetero) is 1. The van der Waals surface area contributed by atoms with Gasteiger partial charge in [0.05, 0.1) is 10.9 Å². The molecule has 1 aromatic heterocycles. The Balaban J connectivity index is 2.06. The number of hydrogen-bond acceptors (Lipinski definition) is 5. The number of nitrogens with one attached hydrogen (secondary N) is 2. The molecule has 1 aliphatic rings. The number of benzene rings is 1. The number of hydrogen-bond donors (Lipinski definition) is 3. The van der Waals surface area contributed by atoms with Gasteiger partial charge in [-0.15, -0.1) is 11.3 Å². The van der Waals surface area contributed by atoms with Crippen molar-refractivity contribution in [2.45, 2.75) is 24.6 Å². The van der Waals surface area contributed by atoms with Gasteiger partial charge in [-0.25, -0.2) is 4.79 Å². The molecule has 2 aromatic rings. The van der Waals surface area contributed by atoms with Crippen molar-refractivity contribution in [2.75, 3.05) is 0 Å². The molecule has 1 aromatic carbocycles. The first kappa shape index (κ1) is 21.0. The second kappa shape index (κ2) is 7.59. The van der Waals surface area contributed by atoms with Crippen molar-refractivity contribution >= 4 is 23.2 Å². The van der Waals surface area contributed by atoms with Crippen LogP contribution in [0, 0.1) is 5.92 Å². The molecule has 29 heavy (non-hydrogen) atoms. The number of aliphatic hydroxyl groups is 1. The second-order valence-corrected chi connectivity index (χ2v) is 7.05. The molecule has 1 aliphatic heterocycles. The molecular weight excluding hydrogens is 423 g/mol. The topological polar surface area (TPSA) is 87.7 Å². The first-order valence-corrected chi connectivity index (χ1v) is 8.91. The number of carbonyl (C=O) groups excluding carboxylic acids is 2. The number of carbonyl (C=O) groups is 2. The van der Waals surface area contributed by atoms with E-state index in [0.29, 0.717) is 0 Å². The Bertz CT molecular complexity index is 888. The first-order valence-electron chi connectivity index (χ1n) is 8.03. The lowest BCUT2D eigenvalue weighted by Gasteiger charge is -2.44. The zero-order chi connectivity index (χ0) is 21.4. The Morgan fingerprint density at radius 3 is 2.38 bits per heavy atom. The molecule has 2 heterocycles. The van der Waals surface area contributed by atoms with Gasteiger partial charge in [0.1, 0.15) is 11.7 Å². The summed E-state index contributed by atoms with van der Waals surface area (Å²) in [7, 11) is 0. The van der Waals surface area contributed by atoms with E-state index in [1.165, 1.54) is 22.8 Å². The van der Waals surface area contributed by atoms with Crippen LogP contribution in [0.3, 0.4) is 0 Å². The van der Waals surface area contributed by atoms with Gasteiger partial charge in [0.25, 0.3) is 0 Å². The maximum absolute atomic E-state index is 13.7. The first-order chi connectivity index (χ1) is 13.5. The minimum Gasteiger partial charge on any atom is -0.435 e. The van der Waals surface area contributed by atoms with E-state index in [-0.39, 0.29) is 16.2 Å². The average Bonchev–Trinajstić information content (AvgIpc) is 3.14. The highest BCUT2D eigenvalue weighted by Gasteiger charge is 2.66. The predicted octanol–water partition coefficient (Wildman–Crippen LogP) is 3.45. The van der Waals surface area contributed by atoms with Gasteiger partial charge in [-0.1, -0.05) is 18.2 Å². The number of ketones is 1. The van der Waals surface area contributed by atoms with Crippen LogP contribution >= 0.6 is 11.3 Å². The van der Waals surface area contributed by atoms with Gasteiger partial charge in [0.15, 0.2) is 5.78 Å². The van der Waals surface area contributed by atoms with Gasteiger partial charge in [-0.3, -0.25) is 4.79 Å². The van der Waals surface area contributed by atoms with Gasteiger partial charge in [-0.2, -0.15) is 22.0 Å². The molecule has 1 saturated heterocycles. The Morgan fingerprint density at radius 1 is 1.21 bits per heavy atom. The molecule has 2 amide bonds. The zero-order valence-corrected chi connectivity index (χ0v) is 15.1. The summed E-state index contributed by atoms with van der Waals surface area (Å²) < 4.78 is 69.9. The number of thiophene rings is 1. The third kappa shape index (κ3) is 4.03. The van der Waals surface area contributed by atoms with Crippen molar-refractivity contribution in [3.8, 4) is 5.75 Å². The lowest BCUT2D eigenvalue weighted by atomic mass is 9.78. The fourth-order valence-corrected chi connectivity index (χ4v) is 3.75. The smallest absolute Gasteiger partial charge is 0.435 e. The summed E-state index contributed by atoms with van der Waals surface area (Å²) in [5.74, 6) is -3.50. The van der Waals surface area contributed by atoms with Gasteiger partial charge >= 0.3 is 18.8 Å². The van der Waals surface area contributed by atoms with E-state index in [1.807, 2.05) is 0 Å². The van der Waals surface area contributed by atoms with Crippen LogP contribution in [0.4, 0.5) is 26.7 Å². The van der Waals surface area contributed by atoms with Gasteiger partial charge in [0.2, 0.25) is 5.72 Å². The van der Waals surface area contributed by atoms with Crippen LogP contribution in [-0.4, -0.2) is 35.4 Å². The Morgan fingerprint density at radius 2 is 1.86 bits per heavy atom. The summed E-state index contributed by atoms with van der Waals surface area (Å²) >= 11 is 0.872. The molecule has 0 unspecified atom stereocenters. The number of halogens is 5. The maximum Gasteiger partial charge on any atom is 0.437 e. The normalized spacial score (nSPS) is 24.7. The van der Waals surface area contributed by atoms with Crippen LogP contribution in [0.15, 0.2) is 41.8 Å². The number of amides is 2. The van der Waals surface area contributed by atoms with Crippen LogP contribution in [0.2, 0.25) is 0 Å². The highest BCUT2D eigenvalue weighted by Crippen LogP contribution is 2.44. The third-order valence-corrected chi connectivity index (χ3v) is 5.20. The molecule has 12 heteroatoms. The highest BCUT2D eigenvalue weighted by molar-refractivity contribution is 7.12. The summed E-state index contributed by atoms with van der Waals surface area (Å²) in [6.07, 6.45) is -5.38. The number of ether oxygens (including phenoxy) is 1. The quantitative estimate of drug-likeness (QED) is 0.495. The minimum absolute atomic E-state index is 0.0148. The molecule has 3 N–H and O–H groups in total. The van der Waals surface area contributed by atoms with Gasteiger partial charge < -0.3 is 20.5 Å². The third-order valence-electron chi connectivity index (χ3n) is 4.32. The average molecular weight is 436 g/mol. The van der Waals surface area contributed by atoms with Gasteiger partial charge in [0, 0.05) is 0 Å². The lowest BCUT2D eigenvalue weighted by Crippen LogP contribution is -2.72. The second-order valence-electron chi connectivity index (χ2n) is 6.11. The summed E-state index contributed by atoms with van der Waals surface area (Å²) in [6, 6.07) is 4.15. The van der Waals surface area contributed by atoms with Crippen molar-refractivity contribution < 1.29 is 41.4 Å². The van der Waals surface area contributed by atoms with Crippen molar-refractivity contribution in [1.29, 1.82) is 0 Å². The summed E-state index contributed by atoms with van der Waals surface area (Å²) in [5, 5.41) is 15.4. The Labute approximate surface area is 164 Å². The predicted molar refractivity (Wildman–Crippen MR) is 90.6 cm³/mol. The zero-order valence-electron chi connectivity index (χ0n) is 14.2. The number of urea groups is 1. The van der Waals surface area contributed by atoms with E-state index in [1.54, 1.807) is 0 Å². The van der Waals surface area contributed by atoms with E-state index in [9.17, 15) is 36.6 Å². The molecule has 3 rings (SSSR count). The fourth-order valence-electron chi connectivity index (χ4n) is 3.05. The lowest BCUT2D eigenvalue weighted by molar-refractivity contribution is -0.287. The van der Waals surface area contributed by atoms with E-state index >= 15 is 0 Å². The molecule has 0 radical (unpaired) electrons. The van der Waals surface area contributed by atoms with E-state index < -0.39 is 42.3 Å². The molecule has 0 bridgehead atoms. The molecule has 6 nitrogen and oxygen atoms in total. The monoisotopic (exact) mass is 436 g/mol. The minimum atomic E-state index is -5.38. The SMILES string of the molecule is O=C1N[C@H](c2ccc(OC(F)F)cc2)[C@@H](C(=O)c2cccs2)[C@@](O)(C(F)(F)F)N1. The Hall–Kier alpha value is -2.73. The van der Waals surface area contributed by atoms with Crippen molar-refractivity contribution in [3.63, 3.8) is 0 Å². The molecule has 3 atom stereocenters. The molecule has 156 valence electrons. The van der Waals surface area contributed by atoms with Crippen molar-refractivity contribution in [1.82, 2.24) is 10.6 Å². The number of rotatable bonds is 5. The molecule has 0 saturated carbocycles. The summed E-state index contributed by atoms with van der Waals surface area (Å²) in [5.41, 5.74) is -3.86. The summed E-state index contributed by atoms with van der Waals surface area (Å²) in [6.45, 7) is -3.11. The molecule has 0 spiro atoms. The standard InChI is InChI=1S/C17H13F5N2O4S/c18-14(19)28-9-5-3-8(4-6-9)12-11(13(25)10-2-1-7-29-10)16(27,17(20,21)22)24-15(26)23-12/h1-7,11-12,14,27H,(H2,23,24,26)/t11-,12+,16+/m0/s1. The van der Waals surface area contributed by atoms with Gasteiger partial charge in [-0.05, 0) is 29.1 Å². The van der Waals surface area contributed by atoms with Crippen LogP contribution in [0.5, 0.6) is 5.75 Å². The fraction of sp³-hybridized carbons (Fsp3) is 0.294. The largest absolute Gasteiger partial charge is 0.437 e. The van der Waals surface area contributed by atoms with Crippen molar-refractivity contribution in [2.24, 2.45) is 5.92 Å². The van der Waals surface area contributed by atoms with Crippen LogP contribution < -0.4 is 15.4 Å². The Kier molecular flexibility index (Phi) is 5.50. The van der Waals surface area contributed by atoms with Crippen LogP contribution in [-0.2, 0) is 0 Å². The van der Waals surface area contributed by atoms with Crippen LogP contribution in [0.1, 0.15) is 21.3 Å². The molecule has 1 fully saturated rings. The van der Waals surface area contributed by atoms with E-state index in [4.69, 9.17) is 0 Å². The maximum atomic E-state index is 13.7. The molecule has 0 aliphatic carbocycles. The van der Waals surface area contributed by atoms with Crippen molar-refractivity contribution in [3.05, 3.63) is 52.2 Å². The van der Waals surface area contributed by atoms with E-state index in [0.717, 1.165) is 35.6 Å². The van der Waals surface area contributed by atoms with Crippen LogP contribution in [0.25, 0.3) is 0 Å². The number of alkyl halides is 5. The van der Waals surface area contributed by atoms with E-state index in [2.05, 4.69) is 10.1 Å². The highest BCUT2D eigenvalue weighted by atomic mass is 32.1. The summed E-state index contributed by atoms with van der Waals surface area (Å²) in [4.78, 5) is 24.7. The molecular formula is C17H13F5N2O4S.